The Kier molecular flexibility index (Phi) is 3.25. The molecule has 0 heterocycles. The van der Waals surface area contributed by atoms with E-state index in [9.17, 15) is 0 Å². The zero-order valence-corrected chi connectivity index (χ0v) is 13.3. The fourth-order valence-corrected chi connectivity index (χ4v) is 9.72. The van der Waals surface area contributed by atoms with E-state index in [4.69, 9.17) is 8.85 Å². The lowest BCUT2D eigenvalue weighted by Gasteiger charge is -2.57. The van der Waals surface area contributed by atoms with E-state index in [1.165, 1.54) is 25.7 Å². The van der Waals surface area contributed by atoms with Crippen LogP contribution in [0, 0.1) is 10.8 Å². The average molecular weight is 256 g/mol. The van der Waals surface area contributed by atoms with Crippen LogP contribution >= 0.6 is 0 Å². The number of rotatable bonds is 4. The quantitative estimate of drug-likeness (QED) is 0.705. The van der Waals surface area contributed by atoms with Crippen LogP contribution in [0.3, 0.4) is 0 Å². The largest absolute Gasteiger partial charge is 0.397 e. The highest BCUT2D eigenvalue weighted by molar-refractivity contribution is 6.71. The SMILES string of the molecule is CO[Si](OC)(C1CC(C)(C)C1)C1CC(C)(C)C1. The van der Waals surface area contributed by atoms with Gasteiger partial charge in [0.2, 0.25) is 0 Å². The molecule has 17 heavy (non-hydrogen) atoms. The maximum atomic E-state index is 6.00. The van der Waals surface area contributed by atoms with Crippen molar-refractivity contribution in [2.24, 2.45) is 10.8 Å². The topological polar surface area (TPSA) is 18.5 Å². The molecule has 0 amide bonds. The number of hydrogen-bond acceptors (Lipinski definition) is 2. The van der Waals surface area contributed by atoms with Crippen molar-refractivity contribution < 1.29 is 8.85 Å². The third-order valence-corrected chi connectivity index (χ3v) is 9.34. The number of hydrogen-bond donors (Lipinski definition) is 0. The Morgan fingerprint density at radius 2 is 1.06 bits per heavy atom. The minimum absolute atomic E-state index is 0.513. The molecule has 2 rings (SSSR count). The van der Waals surface area contributed by atoms with Crippen LogP contribution in [0.1, 0.15) is 53.4 Å². The summed E-state index contributed by atoms with van der Waals surface area (Å²) in [5.74, 6) is 0. The molecule has 0 aromatic carbocycles. The molecule has 0 aromatic heterocycles. The van der Waals surface area contributed by atoms with E-state index in [-0.39, 0.29) is 0 Å². The summed E-state index contributed by atoms with van der Waals surface area (Å²) < 4.78 is 12.0. The molecule has 2 aliphatic carbocycles. The fraction of sp³-hybridized carbons (Fsp3) is 1.00. The standard InChI is InChI=1S/C14H28O2Si/c1-13(2)7-11(8-13)17(15-5,16-6)12-9-14(3,4)10-12/h11-12H,7-10H2,1-6H3. The zero-order valence-electron chi connectivity index (χ0n) is 12.3. The van der Waals surface area contributed by atoms with Crippen molar-refractivity contribution in [3.8, 4) is 0 Å². The lowest BCUT2D eigenvalue weighted by atomic mass is 9.71. The summed E-state index contributed by atoms with van der Waals surface area (Å²) in [6, 6.07) is 0. The van der Waals surface area contributed by atoms with Crippen LogP contribution < -0.4 is 0 Å². The maximum Gasteiger partial charge on any atom is 0.344 e. The summed E-state index contributed by atoms with van der Waals surface area (Å²) in [5.41, 5.74) is 2.46. The normalized spacial score (nSPS) is 28.6. The summed E-state index contributed by atoms with van der Waals surface area (Å²) in [5, 5.41) is 0. The van der Waals surface area contributed by atoms with Gasteiger partial charge in [0.25, 0.3) is 0 Å². The molecule has 2 nitrogen and oxygen atoms in total. The molecule has 0 aromatic rings. The Hall–Kier alpha value is 0.137. The molecular weight excluding hydrogens is 228 g/mol. The molecule has 3 heteroatoms. The smallest absolute Gasteiger partial charge is 0.344 e. The predicted molar refractivity (Wildman–Crippen MR) is 73.3 cm³/mol. The second-order valence-corrected chi connectivity index (χ2v) is 11.6. The van der Waals surface area contributed by atoms with Gasteiger partial charge < -0.3 is 8.85 Å². The van der Waals surface area contributed by atoms with E-state index in [0.29, 0.717) is 21.9 Å². The molecule has 0 radical (unpaired) electrons. The van der Waals surface area contributed by atoms with Gasteiger partial charge in [-0.1, -0.05) is 27.7 Å². The molecule has 2 fully saturated rings. The van der Waals surface area contributed by atoms with Gasteiger partial charge in [-0.2, -0.15) is 0 Å². The van der Waals surface area contributed by atoms with Crippen LogP contribution in [0.2, 0.25) is 11.1 Å². The Morgan fingerprint density at radius 1 is 0.765 bits per heavy atom. The lowest BCUT2D eigenvalue weighted by Crippen LogP contribution is -2.59. The first-order valence-electron chi connectivity index (χ1n) is 6.85. The first kappa shape index (κ1) is 13.6. The molecule has 0 spiro atoms. The van der Waals surface area contributed by atoms with E-state index in [0.717, 1.165) is 0 Å². The van der Waals surface area contributed by atoms with Crippen molar-refractivity contribution in [2.75, 3.05) is 14.2 Å². The highest BCUT2D eigenvalue weighted by atomic mass is 28.4. The molecule has 2 aliphatic rings. The first-order chi connectivity index (χ1) is 7.75. The van der Waals surface area contributed by atoms with Crippen LogP contribution in [0.5, 0.6) is 0 Å². The molecule has 0 unspecified atom stereocenters. The van der Waals surface area contributed by atoms with Gasteiger partial charge in [0.05, 0.1) is 0 Å². The van der Waals surface area contributed by atoms with Crippen molar-refractivity contribution in [3.05, 3.63) is 0 Å². The minimum atomic E-state index is -1.95. The molecular formula is C14H28O2Si. The molecule has 0 saturated heterocycles. The highest BCUT2D eigenvalue weighted by Crippen LogP contribution is 2.63. The monoisotopic (exact) mass is 256 g/mol. The van der Waals surface area contributed by atoms with Gasteiger partial charge in [-0.15, -0.1) is 0 Å². The van der Waals surface area contributed by atoms with Gasteiger partial charge >= 0.3 is 8.56 Å². The Bertz CT molecular complexity index is 253. The van der Waals surface area contributed by atoms with Crippen LogP contribution in [-0.4, -0.2) is 22.8 Å². The van der Waals surface area contributed by atoms with E-state index in [1.807, 2.05) is 14.2 Å². The van der Waals surface area contributed by atoms with Gasteiger partial charge in [0.15, 0.2) is 0 Å². The van der Waals surface area contributed by atoms with E-state index in [1.54, 1.807) is 0 Å². The fourth-order valence-electron chi connectivity index (χ4n) is 4.20. The third kappa shape index (κ3) is 2.22. The molecule has 0 atom stereocenters. The zero-order chi connectivity index (χ0) is 12.9. The van der Waals surface area contributed by atoms with Crippen molar-refractivity contribution in [1.82, 2.24) is 0 Å². The van der Waals surface area contributed by atoms with Crippen molar-refractivity contribution in [1.29, 1.82) is 0 Å². The predicted octanol–water partition coefficient (Wildman–Crippen LogP) is 4.10. The summed E-state index contributed by atoms with van der Waals surface area (Å²) >= 11 is 0. The van der Waals surface area contributed by atoms with Crippen LogP contribution in [0.15, 0.2) is 0 Å². The van der Waals surface area contributed by atoms with Gasteiger partial charge in [-0.05, 0) is 36.5 Å². The van der Waals surface area contributed by atoms with Crippen LogP contribution in [0.4, 0.5) is 0 Å². The second-order valence-electron chi connectivity index (χ2n) is 7.67. The summed E-state index contributed by atoms with van der Waals surface area (Å²) in [6.07, 6.45) is 5.16. The van der Waals surface area contributed by atoms with Crippen molar-refractivity contribution in [3.63, 3.8) is 0 Å². The summed E-state index contributed by atoms with van der Waals surface area (Å²) in [7, 11) is 1.81. The van der Waals surface area contributed by atoms with Gasteiger partial charge in [-0.25, -0.2) is 0 Å². The lowest BCUT2D eigenvalue weighted by molar-refractivity contribution is 0.0840. The Labute approximate surface area is 107 Å². The molecule has 2 saturated carbocycles. The summed E-state index contributed by atoms with van der Waals surface area (Å²) in [4.78, 5) is 0. The van der Waals surface area contributed by atoms with Gasteiger partial charge in [-0.3, -0.25) is 0 Å². The average Bonchev–Trinajstić information content (AvgIpc) is 2.15. The van der Waals surface area contributed by atoms with Gasteiger partial charge in [0, 0.05) is 25.3 Å². The maximum absolute atomic E-state index is 6.00. The molecule has 100 valence electrons. The van der Waals surface area contributed by atoms with E-state index in [2.05, 4.69) is 27.7 Å². The molecule has 0 bridgehead atoms. The van der Waals surface area contributed by atoms with E-state index < -0.39 is 8.56 Å². The molecule has 0 aliphatic heterocycles. The molecule has 0 N–H and O–H groups in total. The first-order valence-corrected chi connectivity index (χ1v) is 8.82. The van der Waals surface area contributed by atoms with Gasteiger partial charge in [0.1, 0.15) is 0 Å². The highest BCUT2D eigenvalue weighted by Gasteiger charge is 2.61. The third-order valence-electron chi connectivity index (χ3n) is 4.97. The second kappa shape index (κ2) is 4.07. The van der Waals surface area contributed by atoms with Crippen molar-refractivity contribution in [2.45, 2.75) is 64.5 Å². The van der Waals surface area contributed by atoms with Crippen LogP contribution in [-0.2, 0) is 8.85 Å². The summed E-state index contributed by atoms with van der Waals surface area (Å²) in [6.45, 7) is 9.44. The Morgan fingerprint density at radius 3 is 1.24 bits per heavy atom. The van der Waals surface area contributed by atoms with E-state index >= 15 is 0 Å². The van der Waals surface area contributed by atoms with Crippen molar-refractivity contribution >= 4 is 8.56 Å². The minimum Gasteiger partial charge on any atom is -0.397 e. The van der Waals surface area contributed by atoms with Crippen LogP contribution in [0.25, 0.3) is 0 Å². The Balaban J connectivity index is 2.06.